The Bertz CT molecular complexity index is 753. The molecular formula is C17H23BN2O8. The smallest absolute Gasteiger partial charge is 0.451 e. The molecule has 10 nitrogen and oxygen atoms in total. The maximum absolute atomic E-state index is 11.6. The zero-order chi connectivity index (χ0) is 20.4. The van der Waals surface area contributed by atoms with Crippen LogP contribution < -0.4 is 10.1 Å². The standard InChI is InChI=1S/C17H23BN2O8/c21-15-9(3-5-18(26)27)1-2-12(13(15)16(22)23)28-10-7-20(8-10)11-4-6-19-14(11)17(24)25/h1-2,10-11,14,19,21,26-27H,3-8H2,(H,22,23)(H,24,25)/t11-,14-/m0/s1. The first-order valence-corrected chi connectivity index (χ1v) is 9.09. The van der Waals surface area contributed by atoms with Crippen LogP contribution in [-0.4, -0.2) is 87.1 Å². The summed E-state index contributed by atoms with van der Waals surface area (Å²) in [5, 5.41) is 49.8. The Hall–Kier alpha value is -2.34. The van der Waals surface area contributed by atoms with Crippen molar-refractivity contribution in [3.63, 3.8) is 0 Å². The predicted octanol–water partition coefficient (Wildman–Crippen LogP) is -1.02. The van der Waals surface area contributed by atoms with Crippen molar-refractivity contribution < 1.29 is 39.7 Å². The number of ether oxygens (including phenoxy) is 1. The Morgan fingerprint density at radius 1 is 1.25 bits per heavy atom. The van der Waals surface area contributed by atoms with E-state index in [-0.39, 0.29) is 41.8 Å². The third kappa shape index (κ3) is 4.22. The van der Waals surface area contributed by atoms with Gasteiger partial charge in [0.15, 0.2) is 0 Å². The number of hydrogen-bond donors (Lipinski definition) is 6. The third-order valence-electron chi connectivity index (χ3n) is 5.20. The summed E-state index contributed by atoms with van der Waals surface area (Å²) in [6, 6.07) is 2.19. The second-order valence-corrected chi connectivity index (χ2v) is 7.09. The minimum absolute atomic E-state index is 0.0299. The summed E-state index contributed by atoms with van der Waals surface area (Å²) < 4.78 is 5.74. The summed E-state index contributed by atoms with van der Waals surface area (Å²) in [6.45, 7) is 1.56. The minimum atomic E-state index is -1.55. The minimum Gasteiger partial charge on any atom is -0.507 e. The van der Waals surface area contributed by atoms with Crippen LogP contribution in [0.4, 0.5) is 0 Å². The summed E-state index contributed by atoms with van der Waals surface area (Å²) in [6.07, 6.45) is 0.477. The number of aromatic carboxylic acids is 1. The molecule has 0 aliphatic carbocycles. The number of aromatic hydroxyl groups is 1. The molecule has 6 N–H and O–H groups in total. The van der Waals surface area contributed by atoms with Crippen molar-refractivity contribution in [2.24, 2.45) is 0 Å². The summed E-state index contributed by atoms with van der Waals surface area (Å²) in [4.78, 5) is 24.8. The summed E-state index contributed by atoms with van der Waals surface area (Å²) in [5.74, 6) is -2.66. The monoisotopic (exact) mass is 394 g/mol. The molecule has 2 saturated heterocycles. The molecular weight excluding hydrogens is 371 g/mol. The van der Waals surface area contributed by atoms with E-state index in [0.717, 1.165) is 6.42 Å². The van der Waals surface area contributed by atoms with Gasteiger partial charge in [-0.3, -0.25) is 9.69 Å². The lowest BCUT2D eigenvalue weighted by Gasteiger charge is -2.43. The summed E-state index contributed by atoms with van der Waals surface area (Å²) >= 11 is 0. The van der Waals surface area contributed by atoms with E-state index in [0.29, 0.717) is 19.6 Å². The van der Waals surface area contributed by atoms with Crippen LogP contribution in [0.15, 0.2) is 12.1 Å². The van der Waals surface area contributed by atoms with Gasteiger partial charge in [0.25, 0.3) is 0 Å². The Balaban J connectivity index is 1.66. The number of benzene rings is 1. The lowest BCUT2D eigenvalue weighted by molar-refractivity contribution is -0.141. The number of carbonyl (C=O) groups is 2. The highest BCUT2D eigenvalue weighted by Crippen LogP contribution is 2.34. The number of carboxylic acid groups (broad SMARTS) is 2. The number of nitrogens with zero attached hydrogens (tertiary/aromatic N) is 1. The molecule has 2 aliphatic rings. The van der Waals surface area contributed by atoms with Crippen LogP contribution in [0.25, 0.3) is 0 Å². The molecule has 0 amide bonds. The van der Waals surface area contributed by atoms with Gasteiger partial charge < -0.3 is 35.4 Å². The van der Waals surface area contributed by atoms with Crippen molar-refractivity contribution in [1.29, 1.82) is 0 Å². The maximum Gasteiger partial charge on any atom is 0.451 e. The Labute approximate surface area is 161 Å². The van der Waals surface area contributed by atoms with Crippen LogP contribution in [0.2, 0.25) is 6.32 Å². The highest BCUT2D eigenvalue weighted by molar-refractivity contribution is 6.41. The predicted molar refractivity (Wildman–Crippen MR) is 97.6 cm³/mol. The molecule has 0 aromatic heterocycles. The van der Waals surface area contributed by atoms with E-state index >= 15 is 0 Å². The zero-order valence-electron chi connectivity index (χ0n) is 15.1. The first kappa shape index (κ1) is 20.4. The number of rotatable bonds is 8. The van der Waals surface area contributed by atoms with Gasteiger partial charge in [-0.25, -0.2) is 4.79 Å². The van der Waals surface area contributed by atoms with Gasteiger partial charge >= 0.3 is 19.1 Å². The number of nitrogens with one attached hydrogen (secondary N) is 1. The average molecular weight is 394 g/mol. The van der Waals surface area contributed by atoms with Crippen molar-refractivity contribution >= 4 is 19.1 Å². The fraction of sp³-hybridized carbons (Fsp3) is 0.529. The first-order chi connectivity index (χ1) is 13.3. The maximum atomic E-state index is 11.6. The number of likely N-dealkylation sites (tertiary alicyclic amines) is 1. The van der Waals surface area contributed by atoms with Gasteiger partial charge in [-0.05, 0) is 37.3 Å². The van der Waals surface area contributed by atoms with Crippen LogP contribution in [0.3, 0.4) is 0 Å². The van der Waals surface area contributed by atoms with Crippen LogP contribution in [0.1, 0.15) is 22.3 Å². The van der Waals surface area contributed by atoms with E-state index in [1.54, 1.807) is 0 Å². The highest BCUT2D eigenvalue weighted by atomic mass is 16.5. The molecule has 2 aliphatic heterocycles. The molecule has 2 heterocycles. The Morgan fingerprint density at radius 3 is 2.57 bits per heavy atom. The van der Waals surface area contributed by atoms with Crippen LogP contribution in [0.5, 0.6) is 11.5 Å². The quantitative estimate of drug-likeness (QED) is 0.301. The molecule has 0 unspecified atom stereocenters. The second-order valence-electron chi connectivity index (χ2n) is 7.09. The highest BCUT2D eigenvalue weighted by Gasteiger charge is 2.43. The molecule has 28 heavy (non-hydrogen) atoms. The van der Waals surface area contributed by atoms with Gasteiger partial charge in [-0.1, -0.05) is 6.07 Å². The van der Waals surface area contributed by atoms with Crippen LogP contribution in [0, 0.1) is 0 Å². The molecule has 11 heteroatoms. The lowest BCUT2D eigenvalue weighted by atomic mass is 9.82. The number of phenols is 1. The van der Waals surface area contributed by atoms with Crippen LogP contribution >= 0.6 is 0 Å². The zero-order valence-corrected chi connectivity index (χ0v) is 15.1. The fourth-order valence-electron chi connectivity index (χ4n) is 3.74. The molecule has 2 fully saturated rings. The Kier molecular flexibility index (Phi) is 6.09. The first-order valence-electron chi connectivity index (χ1n) is 9.09. The van der Waals surface area contributed by atoms with Gasteiger partial charge in [0, 0.05) is 19.1 Å². The van der Waals surface area contributed by atoms with E-state index in [2.05, 4.69) is 5.32 Å². The van der Waals surface area contributed by atoms with E-state index < -0.39 is 30.8 Å². The molecule has 0 spiro atoms. The van der Waals surface area contributed by atoms with Crippen molar-refractivity contribution in [1.82, 2.24) is 10.2 Å². The van der Waals surface area contributed by atoms with E-state index in [1.807, 2.05) is 4.90 Å². The van der Waals surface area contributed by atoms with E-state index in [4.69, 9.17) is 14.8 Å². The molecule has 0 saturated carbocycles. The van der Waals surface area contributed by atoms with Crippen molar-refractivity contribution in [2.45, 2.75) is 37.3 Å². The van der Waals surface area contributed by atoms with Gasteiger partial charge in [0.1, 0.15) is 29.2 Å². The molecule has 2 atom stereocenters. The van der Waals surface area contributed by atoms with Crippen molar-refractivity contribution in [3.05, 3.63) is 23.3 Å². The van der Waals surface area contributed by atoms with Crippen molar-refractivity contribution in [2.75, 3.05) is 19.6 Å². The molecule has 1 aromatic carbocycles. The number of carboxylic acids is 2. The lowest BCUT2D eigenvalue weighted by Crippen LogP contribution is -2.61. The molecule has 152 valence electrons. The summed E-state index contributed by atoms with van der Waals surface area (Å²) in [5.41, 5.74) is -0.0799. The number of aliphatic carboxylic acids is 1. The number of hydrogen-bond acceptors (Lipinski definition) is 8. The second kappa shape index (κ2) is 8.35. The van der Waals surface area contributed by atoms with Gasteiger partial charge in [-0.15, -0.1) is 0 Å². The Morgan fingerprint density at radius 2 is 1.96 bits per heavy atom. The van der Waals surface area contributed by atoms with Gasteiger partial charge in [0.2, 0.25) is 0 Å². The molecule has 0 bridgehead atoms. The van der Waals surface area contributed by atoms with Crippen LogP contribution in [-0.2, 0) is 11.2 Å². The van der Waals surface area contributed by atoms with Gasteiger partial charge in [0.05, 0.1) is 0 Å². The largest absolute Gasteiger partial charge is 0.507 e. The summed E-state index contributed by atoms with van der Waals surface area (Å²) in [7, 11) is -1.55. The number of aryl methyl sites for hydroxylation is 1. The molecule has 0 radical (unpaired) electrons. The third-order valence-corrected chi connectivity index (χ3v) is 5.20. The molecule has 3 rings (SSSR count). The molecule has 1 aromatic rings. The SMILES string of the molecule is O=C(O)c1c(OC2CN([C@H]3CCN[C@@H]3C(=O)O)C2)ccc(CCB(O)O)c1O. The average Bonchev–Trinajstić information content (AvgIpc) is 3.05. The van der Waals surface area contributed by atoms with Gasteiger partial charge in [-0.2, -0.15) is 0 Å². The van der Waals surface area contributed by atoms with Crippen molar-refractivity contribution in [3.8, 4) is 11.5 Å². The fourth-order valence-corrected chi connectivity index (χ4v) is 3.74. The van der Waals surface area contributed by atoms with E-state index in [1.165, 1.54) is 12.1 Å². The van der Waals surface area contributed by atoms with E-state index in [9.17, 15) is 24.9 Å². The topological polar surface area (TPSA) is 160 Å². The normalized spacial score (nSPS) is 22.6.